The van der Waals surface area contributed by atoms with Crippen molar-refractivity contribution in [2.24, 2.45) is 0 Å². The molecule has 1 N–H and O–H groups in total. The molecule has 1 unspecified atom stereocenters. The van der Waals surface area contributed by atoms with Crippen molar-refractivity contribution in [2.45, 2.75) is 32.4 Å². The second-order valence-corrected chi connectivity index (χ2v) is 5.48. The highest BCUT2D eigenvalue weighted by Crippen LogP contribution is 2.26. The Balaban J connectivity index is 2.05. The van der Waals surface area contributed by atoms with E-state index in [9.17, 15) is 5.11 Å². The average molecular weight is 309 g/mol. The number of rotatable bonds is 7. The van der Waals surface area contributed by atoms with Gasteiger partial charge in [0, 0.05) is 7.11 Å². The topological polar surface area (TPSA) is 47.3 Å². The summed E-state index contributed by atoms with van der Waals surface area (Å²) >= 11 is 6.15. The van der Waals surface area contributed by atoms with E-state index < -0.39 is 6.10 Å². The van der Waals surface area contributed by atoms with Crippen LogP contribution >= 0.6 is 11.6 Å². The maximum Gasteiger partial charge on any atom is 0.0975 e. The predicted octanol–water partition coefficient (Wildman–Crippen LogP) is 3.16. The standard InChI is InChI=1S/C16H21ClN2O2/c1-12-5-3-4-6-13(12)7-8-15(20)16-14(17)11-18-19(16)9-10-21-2/h3-6,11,15,20H,7-10H2,1-2H3. The van der Waals surface area contributed by atoms with Crippen molar-refractivity contribution in [3.8, 4) is 0 Å². The lowest BCUT2D eigenvalue weighted by atomic mass is 10.0. The number of aliphatic hydroxyl groups excluding tert-OH is 1. The fraction of sp³-hybridized carbons (Fsp3) is 0.438. The highest BCUT2D eigenvalue weighted by atomic mass is 35.5. The van der Waals surface area contributed by atoms with Crippen molar-refractivity contribution in [1.82, 2.24) is 9.78 Å². The van der Waals surface area contributed by atoms with Crippen molar-refractivity contribution in [3.63, 3.8) is 0 Å². The fourth-order valence-corrected chi connectivity index (χ4v) is 2.65. The number of aryl methyl sites for hydroxylation is 2. The van der Waals surface area contributed by atoms with Crippen LogP contribution in [0.4, 0.5) is 0 Å². The molecule has 4 nitrogen and oxygen atoms in total. The third-order valence-electron chi connectivity index (χ3n) is 3.60. The number of aliphatic hydroxyl groups is 1. The molecule has 0 aliphatic carbocycles. The first-order valence-electron chi connectivity index (χ1n) is 7.06. The first kappa shape index (κ1) is 16.0. The van der Waals surface area contributed by atoms with E-state index in [1.807, 2.05) is 12.1 Å². The lowest BCUT2D eigenvalue weighted by molar-refractivity contribution is 0.146. The summed E-state index contributed by atoms with van der Waals surface area (Å²) in [6, 6.07) is 8.21. The van der Waals surface area contributed by atoms with Crippen LogP contribution in [0, 0.1) is 6.92 Å². The smallest absolute Gasteiger partial charge is 0.0975 e. The van der Waals surface area contributed by atoms with Gasteiger partial charge in [0.15, 0.2) is 0 Å². The van der Waals surface area contributed by atoms with E-state index in [1.54, 1.807) is 18.0 Å². The molecule has 0 aliphatic heterocycles. The largest absolute Gasteiger partial charge is 0.387 e. The van der Waals surface area contributed by atoms with Gasteiger partial charge in [0.2, 0.25) is 0 Å². The molecule has 0 fully saturated rings. The predicted molar refractivity (Wildman–Crippen MR) is 83.6 cm³/mol. The molecular formula is C16H21ClN2O2. The number of ether oxygens (including phenoxy) is 1. The van der Waals surface area contributed by atoms with Crippen molar-refractivity contribution in [2.75, 3.05) is 13.7 Å². The molecule has 1 aromatic heterocycles. The quantitative estimate of drug-likeness (QED) is 0.854. The van der Waals surface area contributed by atoms with E-state index in [0.29, 0.717) is 30.3 Å². The first-order valence-corrected chi connectivity index (χ1v) is 7.44. The third-order valence-corrected chi connectivity index (χ3v) is 3.90. The van der Waals surface area contributed by atoms with Crippen molar-refractivity contribution in [1.29, 1.82) is 0 Å². The van der Waals surface area contributed by atoms with E-state index in [-0.39, 0.29) is 0 Å². The fourth-order valence-electron chi connectivity index (χ4n) is 2.38. The number of benzene rings is 1. The lowest BCUT2D eigenvalue weighted by Gasteiger charge is -2.14. The van der Waals surface area contributed by atoms with E-state index in [4.69, 9.17) is 16.3 Å². The highest BCUT2D eigenvalue weighted by Gasteiger charge is 2.18. The van der Waals surface area contributed by atoms with Gasteiger partial charge in [-0.1, -0.05) is 35.9 Å². The Bertz CT molecular complexity index is 583. The molecule has 0 saturated carbocycles. The summed E-state index contributed by atoms with van der Waals surface area (Å²) in [6.07, 6.45) is 2.36. The van der Waals surface area contributed by atoms with Gasteiger partial charge in [-0.05, 0) is 30.9 Å². The molecule has 0 bridgehead atoms. The number of nitrogens with zero attached hydrogens (tertiary/aromatic N) is 2. The molecule has 2 rings (SSSR count). The van der Waals surface area contributed by atoms with Crippen LogP contribution in [0.5, 0.6) is 0 Å². The number of hydrogen-bond donors (Lipinski definition) is 1. The van der Waals surface area contributed by atoms with Gasteiger partial charge in [-0.3, -0.25) is 4.68 Å². The second-order valence-electron chi connectivity index (χ2n) is 5.07. The van der Waals surface area contributed by atoms with Crippen LogP contribution in [0.25, 0.3) is 0 Å². The Morgan fingerprint density at radius 1 is 1.38 bits per heavy atom. The van der Waals surface area contributed by atoms with Crippen LogP contribution in [0.2, 0.25) is 5.02 Å². The van der Waals surface area contributed by atoms with Crippen molar-refractivity contribution < 1.29 is 9.84 Å². The van der Waals surface area contributed by atoms with Crippen LogP contribution in [0.15, 0.2) is 30.5 Å². The Morgan fingerprint density at radius 3 is 2.86 bits per heavy atom. The Labute approximate surface area is 130 Å². The Kier molecular flexibility index (Phi) is 5.79. The highest BCUT2D eigenvalue weighted by molar-refractivity contribution is 6.31. The van der Waals surface area contributed by atoms with Crippen LogP contribution in [0.1, 0.15) is 29.3 Å². The maximum atomic E-state index is 10.4. The molecule has 0 spiro atoms. The molecule has 2 aromatic rings. The summed E-state index contributed by atoms with van der Waals surface area (Å²) in [6.45, 7) is 3.20. The van der Waals surface area contributed by atoms with Crippen LogP contribution in [-0.4, -0.2) is 28.6 Å². The number of methoxy groups -OCH3 is 1. The summed E-state index contributed by atoms with van der Waals surface area (Å²) in [5.41, 5.74) is 3.15. The van der Waals surface area contributed by atoms with Crippen molar-refractivity contribution >= 4 is 11.6 Å². The minimum absolute atomic E-state index is 0.503. The van der Waals surface area contributed by atoms with Crippen LogP contribution in [0.3, 0.4) is 0 Å². The molecule has 0 radical (unpaired) electrons. The van der Waals surface area contributed by atoms with Gasteiger partial charge in [0.25, 0.3) is 0 Å². The SMILES string of the molecule is COCCn1ncc(Cl)c1C(O)CCc1ccccc1C. The van der Waals surface area contributed by atoms with E-state index in [2.05, 4.69) is 24.2 Å². The second kappa shape index (κ2) is 7.59. The molecule has 1 heterocycles. The lowest BCUT2D eigenvalue weighted by Crippen LogP contribution is -2.13. The van der Waals surface area contributed by atoms with E-state index in [0.717, 1.165) is 6.42 Å². The molecule has 0 saturated heterocycles. The number of aromatic nitrogens is 2. The molecule has 21 heavy (non-hydrogen) atoms. The Hall–Kier alpha value is -1.36. The van der Waals surface area contributed by atoms with E-state index >= 15 is 0 Å². The summed E-state index contributed by atoms with van der Waals surface area (Å²) in [4.78, 5) is 0. The zero-order valence-electron chi connectivity index (χ0n) is 12.4. The van der Waals surface area contributed by atoms with Gasteiger partial charge < -0.3 is 9.84 Å². The Morgan fingerprint density at radius 2 is 2.14 bits per heavy atom. The van der Waals surface area contributed by atoms with Crippen LogP contribution in [-0.2, 0) is 17.7 Å². The van der Waals surface area contributed by atoms with Gasteiger partial charge in [-0.25, -0.2) is 0 Å². The molecular weight excluding hydrogens is 288 g/mol. The summed E-state index contributed by atoms with van der Waals surface area (Å²) < 4.78 is 6.77. The summed E-state index contributed by atoms with van der Waals surface area (Å²) in [5, 5.41) is 15.1. The van der Waals surface area contributed by atoms with Gasteiger partial charge in [0.1, 0.15) is 0 Å². The van der Waals surface area contributed by atoms with Gasteiger partial charge in [-0.15, -0.1) is 0 Å². The number of hydrogen-bond acceptors (Lipinski definition) is 3. The zero-order chi connectivity index (χ0) is 15.2. The van der Waals surface area contributed by atoms with Gasteiger partial charge in [0.05, 0.1) is 36.2 Å². The molecule has 5 heteroatoms. The molecule has 1 aromatic carbocycles. The summed E-state index contributed by atoms with van der Waals surface area (Å²) in [5.74, 6) is 0. The van der Waals surface area contributed by atoms with E-state index in [1.165, 1.54) is 11.1 Å². The minimum Gasteiger partial charge on any atom is -0.387 e. The molecule has 1 atom stereocenters. The van der Waals surface area contributed by atoms with Gasteiger partial charge >= 0.3 is 0 Å². The number of halogens is 1. The van der Waals surface area contributed by atoms with Crippen molar-refractivity contribution in [3.05, 3.63) is 52.3 Å². The molecule has 0 aliphatic rings. The van der Waals surface area contributed by atoms with Gasteiger partial charge in [-0.2, -0.15) is 5.10 Å². The maximum absolute atomic E-state index is 10.4. The summed E-state index contributed by atoms with van der Waals surface area (Å²) in [7, 11) is 1.64. The molecule has 114 valence electrons. The monoisotopic (exact) mass is 308 g/mol. The third kappa shape index (κ3) is 4.06. The van der Waals surface area contributed by atoms with Crippen LogP contribution < -0.4 is 0 Å². The normalized spacial score (nSPS) is 12.6. The molecule has 0 amide bonds. The average Bonchev–Trinajstić information content (AvgIpc) is 2.85. The first-order chi connectivity index (χ1) is 10.1. The minimum atomic E-state index is -0.628. The zero-order valence-corrected chi connectivity index (χ0v) is 13.2.